The van der Waals surface area contributed by atoms with E-state index in [0.29, 0.717) is 17.9 Å². The zero-order valence-corrected chi connectivity index (χ0v) is 18.4. The molecule has 5 rings (SSSR count). The number of carbonyl (C=O) groups excluding carboxylic acids is 1. The Labute approximate surface area is 187 Å². The topological polar surface area (TPSA) is 74.4 Å². The van der Waals surface area contributed by atoms with Crippen LogP contribution in [0.5, 0.6) is 17.2 Å². The molecule has 1 aliphatic carbocycles. The summed E-state index contributed by atoms with van der Waals surface area (Å²) in [5.74, 6) is 2.33. The summed E-state index contributed by atoms with van der Waals surface area (Å²) in [5, 5.41) is 2.83. The standard InChI is InChI=1S/C27H26N2O3/c1-3-18-14-23-24(15-26(18)31-16-27(28)10-11-27)29-12-9-25(23)32-20-7-8-22-19(13-20)5-4-6-21(22)17(2)30/h4-9,12-15H,3,10-11,16,28H2,1-2H3. The lowest BCUT2D eigenvalue weighted by atomic mass is 10.0. The van der Waals surface area contributed by atoms with Crippen molar-refractivity contribution in [2.75, 3.05) is 6.61 Å². The Morgan fingerprint density at radius 1 is 1.06 bits per heavy atom. The lowest BCUT2D eigenvalue weighted by Gasteiger charge is -2.16. The first-order valence-corrected chi connectivity index (χ1v) is 11.0. The zero-order chi connectivity index (χ0) is 22.3. The summed E-state index contributed by atoms with van der Waals surface area (Å²) in [4.78, 5) is 16.5. The normalized spacial score (nSPS) is 14.5. The fourth-order valence-electron chi connectivity index (χ4n) is 3.98. The molecule has 0 aliphatic heterocycles. The molecule has 1 fully saturated rings. The van der Waals surface area contributed by atoms with E-state index in [2.05, 4.69) is 18.0 Å². The van der Waals surface area contributed by atoms with Crippen LogP contribution >= 0.6 is 0 Å². The Kier molecular flexibility index (Phi) is 5.06. The molecule has 2 N–H and O–H groups in total. The molecule has 32 heavy (non-hydrogen) atoms. The van der Waals surface area contributed by atoms with Crippen LogP contribution in [0.3, 0.4) is 0 Å². The van der Waals surface area contributed by atoms with Gasteiger partial charge in [-0.2, -0.15) is 0 Å². The molecule has 0 amide bonds. The van der Waals surface area contributed by atoms with Crippen LogP contribution in [0.2, 0.25) is 0 Å². The van der Waals surface area contributed by atoms with Gasteiger partial charge in [0.1, 0.15) is 23.9 Å². The van der Waals surface area contributed by atoms with Crippen molar-refractivity contribution in [1.82, 2.24) is 4.98 Å². The highest BCUT2D eigenvalue weighted by molar-refractivity contribution is 6.07. The maximum Gasteiger partial charge on any atom is 0.160 e. The van der Waals surface area contributed by atoms with E-state index in [1.54, 1.807) is 13.1 Å². The number of Topliss-reactive ketones (excluding diaryl/α,β-unsaturated/α-hetero) is 1. The van der Waals surface area contributed by atoms with Gasteiger partial charge >= 0.3 is 0 Å². The number of hydrogen-bond acceptors (Lipinski definition) is 5. The van der Waals surface area contributed by atoms with Gasteiger partial charge in [0.15, 0.2) is 5.78 Å². The van der Waals surface area contributed by atoms with Gasteiger partial charge in [-0.1, -0.05) is 25.1 Å². The summed E-state index contributed by atoms with van der Waals surface area (Å²) in [6.07, 6.45) is 4.60. The largest absolute Gasteiger partial charge is 0.491 e. The second kappa shape index (κ2) is 7.92. The molecule has 0 atom stereocenters. The Morgan fingerprint density at radius 2 is 1.91 bits per heavy atom. The van der Waals surface area contributed by atoms with Crippen LogP contribution in [-0.4, -0.2) is 22.9 Å². The first-order valence-electron chi connectivity index (χ1n) is 11.0. The lowest BCUT2D eigenvalue weighted by Crippen LogP contribution is -2.30. The Morgan fingerprint density at radius 3 is 2.66 bits per heavy atom. The molecule has 0 unspecified atom stereocenters. The van der Waals surface area contributed by atoms with Crippen molar-refractivity contribution in [3.05, 3.63) is 71.9 Å². The molecule has 0 saturated heterocycles. The monoisotopic (exact) mass is 426 g/mol. The number of hydrogen-bond donors (Lipinski definition) is 1. The summed E-state index contributed by atoms with van der Waals surface area (Å²) in [6, 6.07) is 17.5. The van der Waals surface area contributed by atoms with Gasteiger partial charge in [-0.15, -0.1) is 0 Å². The van der Waals surface area contributed by atoms with Crippen LogP contribution in [0.25, 0.3) is 21.7 Å². The summed E-state index contributed by atoms with van der Waals surface area (Å²) in [7, 11) is 0. The van der Waals surface area contributed by atoms with Crippen molar-refractivity contribution in [3.63, 3.8) is 0 Å². The molecular formula is C27H26N2O3. The third-order valence-electron chi connectivity index (χ3n) is 6.13. The Hall–Kier alpha value is -3.44. The number of ether oxygens (including phenoxy) is 2. The number of ketones is 1. The Balaban J connectivity index is 1.49. The quantitative estimate of drug-likeness (QED) is 0.377. The number of aromatic nitrogens is 1. The van der Waals surface area contributed by atoms with E-state index in [0.717, 1.165) is 58.0 Å². The van der Waals surface area contributed by atoms with Crippen molar-refractivity contribution in [1.29, 1.82) is 0 Å². The van der Waals surface area contributed by atoms with Crippen LogP contribution in [0.15, 0.2) is 60.8 Å². The van der Waals surface area contributed by atoms with Gasteiger partial charge in [0.05, 0.1) is 11.1 Å². The van der Waals surface area contributed by atoms with Gasteiger partial charge < -0.3 is 15.2 Å². The number of aryl methyl sites for hydroxylation is 1. The number of carbonyl (C=O) groups is 1. The molecule has 5 heteroatoms. The smallest absolute Gasteiger partial charge is 0.160 e. The maximum atomic E-state index is 11.9. The molecule has 0 bridgehead atoms. The van der Waals surface area contributed by atoms with Crippen LogP contribution in [0, 0.1) is 0 Å². The van der Waals surface area contributed by atoms with E-state index in [9.17, 15) is 4.79 Å². The van der Waals surface area contributed by atoms with Gasteiger partial charge in [0.2, 0.25) is 0 Å². The van der Waals surface area contributed by atoms with Gasteiger partial charge in [0.25, 0.3) is 0 Å². The minimum atomic E-state index is -0.170. The first-order chi connectivity index (χ1) is 15.5. The number of fused-ring (bicyclic) bond motifs is 2. The number of pyridine rings is 1. The molecule has 1 aliphatic rings. The van der Waals surface area contributed by atoms with Gasteiger partial charge in [0, 0.05) is 23.2 Å². The number of nitrogens with zero attached hydrogens (tertiary/aromatic N) is 1. The molecular weight excluding hydrogens is 400 g/mol. The van der Waals surface area contributed by atoms with Gasteiger partial charge in [-0.05, 0) is 72.9 Å². The van der Waals surface area contributed by atoms with Crippen molar-refractivity contribution in [2.45, 2.75) is 38.6 Å². The van der Waals surface area contributed by atoms with Gasteiger partial charge in [-0.3, -0.25) is 9.78 Å². The number of benzene rings is 3. The average Bonchev–Trinajstić information content (AvgIpc) is 3.54. The fourth-order valence-corrected chi connectivity index (χ4v) is 3.98. The minimum Gasteiger partial charge on any atom is -0.491 e. The summed E-state index contributed by atoms with van der Waals surface area (Å²) in [6.45, 7) is 4.22. The third-order valence-corrected chi connectivity index (χ3v) is 6.13. The van der Waals surface area contributed by atoms with E-state index in [4.69, 9.17) is 15.2 Å². The van der Waals surface area contributed by atoms with E-state index >= 15 is 0 Å². The molecule has 1 saturated carbocycles. The van der Waals surface area contributed by atoms with E-state index in [1.165, 1.54) is 0 Å². The van der Waals surface area contributed by atoms with Crippen molar-refractivity contribution in [3.8, 4) is 17.2 Å². The highest BCUT2D eigenvalue weighted by atomic mass is 16.5. The van der Waals surface area contributed by atoms with Crippen molar-refractivity contribution < 1.29 is 14.3 Å². The van der Waals surface area contributed by atoms with Crippen molar-refractivity contribution in [2.24, 2.45) is 5.73 Å². The summed E-state index contributed by atoms with van der Waals surface area (Å²) >= 11 is 0. The number of nitrogens with two attached hydrogens (primary N) is 1. The van der Waals surface area contributed by atoms with Crippen LogP contribution < -0.4 is 15.2 Å². The molecule has 5 nitrogen and oxygen atoms in total. The summed E-state index contributed by atoms with van der Waals surface area (Å²) in [5.41, 5.74) is 8.66. The molecule has 1 aromatic heterocycles. The predicted octanol–water partition coefficient (Wildman–Crippen LogP) is 5.82. The molecule has 3 aromatic carbocycles. The van der Waals surface area contributed by atoms with Gasteiger partial charge in [-0.25, -0.2) is 0 Å². The SMILES string of the molecule is CCc1cc2c(Oc3ccc4c(C(C)=O)cccc4c3)ccnc2cc1OCC1(N)CC1. The molecule has 0 spiro atoms. The predicted molar refractivity (Wildman–Crippen MR) is 127 cm³/mol. The third kappa shape index (κ3) is 3.92. The fraction of sp³-hybridized carbons (Fsp3) is 0.259. The van der Waals surface area contributed by atoms with Crippen LogP contribution in [-0.2, 0) is 6.42 Å². The maximum absolute atomic E-state index is 11.9. The van der Waals surface area contributed by atoms with E-state index in [-0.39, 0.29) is 11.3 Å². The Bertz CT molecular complexity index is 1340. The molecule has 4 aromatic rings. The highest BCUT2D eigenvalue weighted by Crippen LogP contribution is 2.37. The average molecular weight is 427 g/mol. The summed E-state index contributed by atoms with van der Waals surface area (Å²) < 4.78 is 12.3. The molecule has 162 valence electrons. The van der Waals surface area contributed by atoms with Crippen LogP contribution in [0.1, 0.15) is 42.6 Å². The van der Waals surface area contributed by atoms with Crippen LogP contribution in [0.4, 0.5) is 0 Å². The highest BCUT2D eigenvalue weighted by Gasteiger charge is 2.39. The number of rotatable bonds is 7. The molecule has 1 heterocycles. The lowest BCUT2D eigenvalue weighted by molar-refractivity contribution is 0.101. The van der Waals surface area contributed by atoms with E-state index < -0.39 is 0 Å². The molecule has 0 radical (unpaired) electrons. The second-order valence-corrected chi connectivity index (χ2v) is 8.64. The van der Waals surface area contributed by atoms with E-state index in [1.807, 2.05) is 48.5 Å². The minimum absolute atomic E-state index is 0.0526. The first kappa shape index (κ1) is 20.5. The van der Waals surface area contributed by atoms with Crippen molar-refractivity contribution >= 4 is 27.5 Å². The second-order valence-electron chi connectivity index (χ2n) is 8.64. The zero-order valence-electron chi connectivity index (χ0n) is 18.4.